The third-order valence-corrected chi connectivity index (χ3v) is 8.14. The van der Waals surface area contributed by atoms with Gasteiger partial charge in [0.2, 0.25) is 21.7 Å². The molecule has 0 N–H and O–H groups in total. The number of sulfonamides is 1. The zero-order valence-corrected chi connectivity index (χ0v) is 19.8. The Morgan fingerprint density at radius 2 is 1.65 bits per heavy atom. The summed E-state index contributed by atoms with van der Waals surface area (Å²) < 4.78 is 44.2. The zero-order chi connectivity index (χ0) is 23.7. The van der Waals surface area contributed by atoms with Crippen molar-refractivity contribution in [3.63, 3.8) is 0 Å². The molecule has 0 aliphatic carbocycles. The molecule has 0 radical (unpaired) electrons. The van der Waals surface area contributed by atoms with E-state index in [4.69, 9.17) is 14.0 Å². The van der Waals surface area contributed by atoms with Crippen LogP contribution in [-0.2, 0) is 10.0 Å². The minimum absolute atomic E-state index is 0.00412. The number of hydrogen-bond acceptors (Lipinski definition) is 7. The highest BCUT2D eigenvalue weighted by Gasteiger charge is 2.32. The second-order valence-corrected chi connectivity index (χ2v) is 10.2. The molecule has 2 heterocycles. The van der Waals surface area contributed by atoms with Crippen molar-refractivity contribution >= 4 is 20.8 Å². The summed E-state index contributed by atoms with van der Waals surface area (Å²) in [5.41, 5.74) is 0.754. The standard InChI is InChI=1S/C25H25N3O5S/c1-31-22-10-8-20(16-23(22)32-2)24-26-25(33-27-24)18-11-13-28(14-12-18)34(29,30)21-9-7-17-5-3-4-6-19(17)15-21/h3-10,15-16,18H,11-14H2,1-2H3. The molecular weight excluding hydrogens is 454 g/mol. The zero-order valence-electron chi connectivity index (χ0n) is 19.0. The molecule has 0 unspecified atom stereocenters. The number of rotatable bonds is 6. The summed E-state index contributed by atoms with van der Waals surface area (Å²) in [5.74, 6) is 2.19. The molecule has 34 heavy (non-hydrogen) atoms. The summed E-state index contributed by atoms with van der Waals surface area (Å²) in [4.78, 5) is 4.89. The molecule has 9 heteroatoms. The molecule has 1 saturated heterocycles. The summed E-state index contributed by atoms with van der Waals surface area (Å²) in [6, 6.07) is 18.4. The molecule has 1 aliphatic rings. The largest absolute Gasteiger partial charge is 0.493 e. The number of nitrogens with zero attached hydrogens (tertiary/aromatic N) is 3. The highest BCUT2D eigenvalue weighted by atomic mass is 32.2. The minimum Gasteiger partial charge on any atom is -0.493 e. The maximum atomic E-state index is 13.2. The first kappa shape index (κ1) is 22.4. The van der Waals surface area contributed by atoms with Crippen LogP contribution < -0.4 is 9.47 Å². The molecule has 0 bridgehead atoms. The van der Waals surface area contributed by atoms with E-state index in [9.17, 15) is 8.42 Å². The lowest BCUT2D eigenvalue weighted by atomic mass is 9.98. The number of ether oxygens (including phenoxy) is 2. The van der Waals surface area contributed by atoms with Gasteiger partial charge in [-0.1, -0.05) is 35.5 Å². The Bertz CT molecular complexity index is 1430. The molecule has 8 nitrogen and oxygen atoms in total. The van der Waals surface area contributed by atoms with Crippen LogP contribution in [0.5, 0.6) is 11.5 Å². The molecule has 1 aromatic heterocycles. The van der Waals surface area contributed by atoms with E-state index in [1.807, 2.05) is 36.4 Å². The molecule has 0 spiro atoms. The normalized spacial score (nSPS) is 15.5. The summed E-state index contributed by atoms with van der Waals surface area (Å²) in [5, 5.41) is 6.05. The second-order valence-electron chi connectivity index (χ2n) is 8.21. The third kappa shape index (κ3) is 4.12. The van der Waals surface area contributed by atoms with E-state index in [-0.39, 0.29) is 5.92 Å². The van der Waals surface area contributed by atoms with E-state index in [1.54, 1.807) is 42.8 Å². The highest BCUT2D eigenvalue weighted by molar-refractivity contribution is 7.89. The van der Waals surface area contributed by atoms with E-state index >= 15 is 0 Å². The molecule has 0 saturated carbocycles. The lowest BCUT2D eigenvalue weighted by molar-refractivity contribution is 0.271. The van der Waals surface area contributed by atoms with Gasteiger partial charge in [0.05, 0.1) is 19.1 Å². The summed E-state index contributed by atoms with van der Waals surface area (Å²) in [6.07, 6.45) is 1.22. The van der Waals surface area contributed by atoms with Crippen LogP contribution in [-0.4, -0.2) is 50.2 Å². The smallest absolute Gasteiger partial charge is 0.243 e. The van der Waals surface area contributed by atoms with Crippen LogP contribution in [0.15, 0.2) is 70.1 Å². The second kappa shape index (κ2) is 9.08. The van der Waals surface area contributed by atoms with Gasteiger partial charge in [-0.3, -0.25) is 0 Å². The Labute approximate surface area is 198 Å². The molecule has 1 aliphatic heterocycles. The molecule has 176 valence electrons. The quantitative estimate of drug-likeness (QED) is 0.402. The summed E-state index contributed by atoms with van der Waals surface area (Å²) in [6.45, 7) is 0.793. The van der Waals surface area contributed by atoms with E-state index in [0.717, 1.165) is 16.3 Å². The number of hydrogen-bond donors (Lipinski definition) is 0. The molecule has 4 aromatic rings. The Morgan fingerprint density at radius 3 is 2.38 bits per heavy atom. The van der Waals surface area contributed by atoms with Crippen LogP contribution >= 0.6 is 0 Å². The average molecular weight is 480 g/mol. The monoisotopic (exact) mass is 479 g/mol. The number of aromatic nitrogens is 2. The average Bonchev–Trinajstić information content (AvgIpc) is 3.38. The van der Waals surface area contributed by atoms with Crippen molar-refractivity contribution in [1.29, 1.82) is 0 Å². The van der Waals surface area contributed by atoms with Crippen LogP contribution in [0, 0.1) is 0 Å². The van der Waals surface area contributed by atoms with Gasteiger partial charge in [-0.25, -0.2) is 8.42 Å². The first-order valence-corrected chi connectivity index (χ1v) is 12.5. The first-order valence-electron chi connectivity index (χ1n) is 11.0. The molecule has 1 fully saturated rings. The lowest BCUT2D eigenvalue weighted by Crippen LogP contribution is -2.37. The van der Waals surface area contributed by atoms with Crippen LogP contribution in [0.1, 0.15) is 24.7 Å². The van der Waals surface area contributed by atoms with Gasteiger partial charge in [-0.2, -0.15) is 9.29 Å². The number of fused-ring (bicyclic) bond motifs is 1. The van der Waals surface area contributed by atoms with Crippen molar-refractivity contribution in [1.82, 2.24) is 14.4 Å². The first-order chi connectivity index (χ1) is 16.5. The SMILES string of the molecule is COc1ccc(-c2noc(C3CCN(S(=O)(=O)c4ccc5ccccc5c4)CC3)n2)cc1OC. The third-order valence-electron chi connectivity index (χ3n) is 6.25. The van der Waals surface area contributed by atoms with Crippen molar-refractivity contribution in [2.75, 3.05) is 27.3 Å². The molecule has 5 rings (SSSR count). The van der Waals surface area contributed by atoms with E-state index in [2.05, 4.69) is 10.1 Å². The fourth-order valence-electron chi connectivity index (χ4n) is 4.31. The molecule has 0 amide bonds. The van der Waals surface area contributed by atoms with Gasteiger partial charge in [0.25, 0.3) is 0 Å². The molecule has 0 atom stereocenters. The summed E-state index contributed by atoms with van der Waals surface area (Å²) in [7, 11) is -0.418. The van der Waals surface area contributed by atoms with Gasteiger partial charge in [-0.15, -0.1) is 0 Å². The van der Waals surface area contributed by atoms with Gasteiger partial charge in [0, 0.05) is 24.6 Å². The van der Waals surface area contributed by atoms with E-state index in [0.29, 0.717) is 54.0 Å². The van der Waals surface area contributed by atoms with Crippen LogP contribution in [0.3, 0.4) is 0 Å². The van der Waals surface area contributed by atoms with Gasteiger partial charge in [-0.05, 0) is 53.9 Å². The minimum atomic E-state index is -3.57. The topological polar surface area (TPSA) is 94.8 Å². The van der Waals surface area contributed by atoms with Gasteiger partial charge < -0.3 is 14.0 Å². The van der Waals surface area contributed by atoms with E-state index in [1.165, 1.54) is 0 Å². The Balaban J connectivity index is 1.29. The van der Waals surface area contributed by atoms with Gasteiger partial charge in [0.1, 0.15) is 0 Å². The summed E-state index contributed by atoms with van der Waals surface area (Å²) >= 11 is 0. The van der Waals surface area contributed by atoms with Crippen molar-refractivity contribution in [3.05, 3.63) is 66.6 Å². The van der Waals surface area contributed by atoms with E-state index < -0.39 is 10.0 Å². The van der Waals surface area contributed by atoms with Crippen LogP contribution in [0.2, 0.25) is 0 Å². The Morgan fingerprint density at radius 1 is 0.912 bits per heavy atom. The van der Waals surface area contributed by atoms with Crippen LogP contribution in [0.25, 0.3) is 22.2 Å². The molecular formula is C25H25N3O5S. The maximum Gasteiger partial charge on any atom is 0.243 e. The number of piperidine rings is 1. The Kier molecular flexibility index (Phi) is 5.97. The van der Waals surface area contributed by atoms with Gasteiger partial charge >= 0.3 is 0 Å². The van der Waals surface area contributed by atoms with Gasteiger partial charge in [0.15, 0.2) is 11.5 Å². The number of methoxy groups -OCH3 is 2. The van der Waals surface area contributed by atoms with Crippen LogP contribution in [0.4, 0.5) is 0 Å². The highest BCUT2D eigenvalue weighted by Crippen LogP contribution is 2.34. The van der Waals surface area contributed by atoms with Crippen molar-refractivity contribution in [3.8, 4) is 22.9 Å². The Hall–Kier alpha value is -3.43. The van der Waals surface area contributed by atoms with Crippen molar-refractivity contribution < 1.29 is 22.4 Å². The fraction of sp³-hybridized carbons (Fsp3) is 0.280. The number of benzene rings is 3. The predicted molar refractivity (Wildman–Crippen MR) is 128 cm³/mol. The van der Waals surface area contributed by atoms with Crippen molar-refractivity contribution in [2.45, 2.75) is 23.7 Å². The fourth-order valence-corrected chi connectivity index (χ4v) is 5.82. The van der Waals surface area contributed by atoms with Crippen molar-refractivity contribution in [2.24, 2.45) is 0 Å². The lowest BCUT2D eigenvalue weighted by Gasteiger charge is -2.29. The maximum absolute atomic E-state index is 13.2. The molecule has 3 aromatic carbocycles. The predicted octanol–water partition coefficient (Wildman–Crippen LogP) is 4.48.